The van der Waals surface area contributed by atoms with Crippen LogP contribution in [0.3, 0.4) is 0 Å². The summed E-state index contributed by atoms with van der Waals surface area (Å²) in [6.07, 6.45) is 0. The highest BCUT2D eigenvalue weighted by molar-refractivity contribution is 6.11. The molecular formula is C45H25N5. The van der Waals surface area contributed by atoms with Gasteiger partial charge >= 0.3 is 0 Å². The van der Waals surface area contributed by atoms with Gasteiger partial charge in [-0.3, -0.25) is 0 Å². The van der Waals surface area contributed by atoms with Crippen LogP contribution in [0, 0.1) is 34.0 Å². The molecule has 0 saturated heterocycles. The number of para-hydroxylation sites is 4. The van der Waals surface area contributed by atoms with Gasteiger partial charge in [0.25, 0.3) is 0 Å². The van der Waals surface area contributed by atoms with Gasteiger partial charge in [-0.2, -0.15) is 15.8 Å². The number of benzene rings is 7. The zero-order chi connectivity index (χ0) is 33.8. The smallest absolute Gasteiger partial charge is 0.100 e. The fraction of sp³-hybridized carbons (Fsp3) is 0. The topological polar surface area (TPSA) is 81.2 Å². The first-order valence-electron chi connectivity index (χ1n) is 16.3. The molecule has 7 aromatic carbocycles. The van der Waals surface area contributed by atoms with Gasteiger partial charge in [0, 0.05) is 43.9 Å². The number of rotatable bonds is 4. The molecule has 5 heteroatoms. The predicted octanol–water partition coefficient (Wildman–Crippen LogP) is 10.8. The summed E-state index contributed by atoms with van der Waals surface area (Å²) in [5.74, 6) is 0. The van der Waals surface area contributed by atoms with Gasteiger partial charge in [0.2, 0.25) is 0 Å². The van der Waals surface area contributed by atoms with Crippen molar-refractivity contribution in [2.24, 2.45) is 0 Å². The number of fused-ring (bicyclic) bond motifs is 6. The molecule has 50 heavy (non-hydrogen) atoms. The van der Waals surface area contributed by atoms with E-state index in [1.165, 1.54) is 10.8 Å². The zero-order valence-corrected chi connectivity index (χ0v) is 26.7. The number of nitrogens with zero attached hydrogens (tertiary/aromatic N) is 5. The average Bonchev–Trinajstić information content (AvgIpc) is 3.70. The SMILES string of the molecule is N#Cc1ccc2c(c1)c1ccccc1n2-c1ccccc1-c1c(C#N)ccc(-c2cccc(-n3c4ccccc4c4ccccc43)c2)c1C#N. The highest BCUT2D eigenvalue weighted by Gasteiger charge is 2.22. The minimum Gasteiger partial charge on any atom is -0.309 e. The summed E-state index contributed by atoms with van der Waals surface area (Å²) in [7, 11) is 0. The molecule has 9 aromatic rings. The first-order valence-corrected chi connectivity index (χ1v) is 16.3. The maximum absolute atomic E-state index is 10.9. The van der Waals surface area contributed by atoms with Gasteiger partial charge in [-0.1, -0.05) is 91.0 Å². The van der Waals surface area contributed by atoms with Crippen LogP contribution in [0.4, 0.5) is 0 Å². The van der Waals surface area contributed by atoms with E-state index < -0.39 is 0 Å². The Morgan fingerprint density at radius 2 is 1.04 bits per heavy atom. The molecule has 0 bridgehead atoms. The molecule has 230 valence electrons. The Hall–Kier alpha value is -7.39. The first kappa shape index (κ1) is 28.8. The Kier molecular flexibility index (Phi) is 6.56. The summed E-state index contributed by atoms with van der Waals surface area (Å²) in [5.41, 5.74) is 10.4. The van der Waals surface area contributed by atoms with Crippen molar-refractivity contribution < 1.29 is 0 Å². The number of nitriles is 3. The van der Waals surface area contributed by atoms with Crippen LogP contribution in [0.25, 0.3) is 77.2 Å². The summed E-state index contributed by atoms with van der Waals surface area (Å²) in [4.78, 5) is 0. The van der Waals surface area contributed by atoms with Crippen LogP contribution in [0.2, 0.25) is 0 Å². The second-order valence-electron chi connectivity index (χ2n) is 12.3. The molecule has 5 nitrogen and oxygen atoms in total. The van der Waals surface area contributed by atoms with E-state index in [0.717, 1.165) is 60.9 Å². The molecule has 0 aliphatic carbocycles. The quantitative estimate of drug-likeness (QED) is 0.193. The third-order valence-corrected chi connectivity index (χ3v) is 9.65. The summed E-state index contributed by atoms with van der Waals surface area (Å²) in [6.45, 7) is 0. The van der Waals surface area contributed by atoms with Crippen molar-refractivity contribution in [2.45, 2.75) is 0 Å². The van der Waals surface area contributed by atoms with Crippen LogP contribution >= 0.6 is 0 Å². The van der Waals surface area contributed by atoms with E-state index in [1.54, 1.807) is 0 Å². The Balaban J connectivity index is 1.29. The van der Waals surface area contributed by atoms with Crippen LogP contribution in [0.5, 0.6) is 0 Å². The van der Waals surface area contributed by atoms with Crippen LogP contribution < -0.4 is 0 Å². The Morgan fingerprint density at radius 3 is 1.72 bits per heavy atom. The monoisotopic (exact) mass is 635 g/mol. The lowest BCUT2D eigenvalue weighted by Crippen LogP contribution is -2.01. The van der Waals surface area contributed by atoms with E-state index in [9.17, 15) is 15.8 Å². The van der Waals surface area contributed by atoms with E-state index in [0.29, 0.717) is 22.3 Å². The largest absolute Gasteiger partial charge is 0.309 e. The molecule has 0 atom stereocenters. The summed E-state index contributed by atoms with van der Waals surface area (Å²) >= 11 is 0. The molecular weight excluding hydrogens is 611 g/mol. The minimum atomic E-state index is 0.420. The van der Waals surface area contributed by atoms with E-state index >= 15 is 0 Å². The molecule has 0 amide bonds. The van der Waals surface area contributed by atoms with Gasteiger partial charge in [-0.25, -0.2) is 0 Å². The van der Waals surface area contributed by atoms with E-state index in [-0.39, 0.29) is 0 Å². The van der Waals surface area contributed by atoms with Crippen LogP contribution in [-0.2, 0) is 0 Å². The molecule has 0 aliphatic rings. The fourth-order valence-corrected chi connectivity index (χ4v) is 7.53. The molecule has 0 unspecified atom stereocenters. The maximum Gasteiger partial charge on any atom is 0.100 e. The van der Waals surface area contributed by atoms with Crippen molar-refractivity contribution >= 4 is 43.6 Å². The summed E-state index contributed by atoms with van der Waals surface area (Å²) < 4.78 is 4.43. The van der Waals surface area contributed by atoms with Gasteiger partial charge in [-0.15, -0.1) is 0 Å². The highest BCUT2D eigenvalue weighted by atomic mass is 15.0. The van der Waals surface area contributed by atoms with E-state index in [2.05, 4.69) is 100 Å². The van der Waals surface area contributed by atoms with Crippen LogP contribution in [0.15, 0.2) is 152 Å². The second kappa shape index (κ2) is 11.4. The van der Waals surface area contributed by atoms with Crippen molar-refractivity contribution in [2.75, 3.05) is 0 Å². The standard InChI is InChI=1S/C45H25N5/c46-26-29-20-23-44-38(24-29)36-14-3-7-18-42(36)50(44)43-19-8-4-15-37(43)45-31(27-47)21-22-33(39(45)28-48)30-10-9-11-32(25-30)49-40-16-5-1-12-34(40)35-13-2-6-17-41(35)49/h1-25H. The lowest BCUT2D eigenvalue weighted by molar-refractivity contribution is 1.18. The molecule has 9 rings (SSSR count). The van der Waals surface area contributed by atoms with Gasteiger partial charge in [0.15, 0.2) is 0 Å². The highest BCUT2D eigenvalue weighted by Crippen LogP contribution is 2.41. The fourth-order valence-electron chi connectivity index (χ4n) is 7.53. The molecule has 0 fully saturated rings. The van der Waals surface area contributed by atoms with Crippen molar-refractivity contribution in [1.82, 2.24) is 9.13 Å². The number of aromatic nitrogens is 2. The van der Waals surface area contributed by atoms with Gasteiger partial charge in [0.05, 0.1) is 56.6 Å². The third kappa shape index (κ3) is 4.24. The molecule has 0 radical (unpaired) electrons. The Morgan fingerprint density at radius 1 is 0.420 bits per heavy atom. The Labute approximate surface area is 287 Å². The summed E-state index contributed by atoms with van der Waals surface area (Å²) in [6, 6.07) is 57.7. The molecule has 0 aliphatic heterocycles. The number of hydrogen-bond acceptors (Lipinski definition) is 3. The van der Waals surface area contributed by atoms with Gasteiger partial charge < -0.3 is 9.13 Å². The molecule has 2 heterocycles. The predicted molar refractivity (Wildman–Crippen MR) is 200 cm³/mol. The van der Waals surface area contributed by atoms with E-state index in [1.807, 2.05) is 78.9 Å². The number of hydrogen-bond donors (Lipinski definition) is 0. The zero-order valence-electron chi connectivity index (χ0n) is 26.7. The second-order valence-corrected chi connectivity index (χ2v) is 12.3. The van der Waals surface area contributed by atoms with Crippen LogP contribution in [0.1, 0.15) is 16.7 Å². The van der Waals surface area contributed by atoms with E-state index in [4.69, 9.17) is 0 Å². The van der Waals surface area contributed by atoms with Crippen LogP contribution in [-0.4, -0.2) is 9.13 Å². The molecule has 0 N–H and O–H groups in total. The van der Waals surface area contributed by atoms with Gasteiger partial charge in [-0.05, 0) is 66.2 Å². The van der Waals surface area contributed by atoms with Crippen molar-refractivity contribution in [3.63, 3.8) is 0 Å². The molecule has 0 saturated carbocycles. The lowest BCUT2D eigenvalue weighted by atomic mass is 9.88. The normalized spacial score (nSPS) is 11.1. The first-order chi connectivity index (χ1) is 24.7. The lowest BCUT2D eigenvalue weighted by Gasteiger charge is -2.18. The van der Waals surface area contributed by atoms with Gasteiger partial charge in [0.1, 0.15) is 6.07 Å². The molecule has 0 spiro atoms. The maximum atomic E-state index is 10.9. The minimum absolute atomic E-state index is 0.420. The summed E-state index contributed by atoms with van der Waals surface area (Å²) in [5, 5.41) is 35.4. The van der Waals surface area contributed by atoms with Crippen molar-refractivity contribution in [1.29, 1.82) is 15.8 Å². The average molecular weight is 636 g/mol. The van der Waals surface area contributed by atoms with Crippen molar-refractivity contribution in [3.05, 3.63) is 168 Å². The van der Waals surface area contributed by atoms with Crippen molar-refractivity contribution in [3.8, 4) is 51.8 Å². The third-order valence-electron chi connectivity index (χ3n) is 9.65. The Bertz CT molecular complexity index is 2920. The molecule has 2 aromatic heterocycles.